The molecule has 0 atom stereocenters. The molecule has 1 N–H and O–H groups in total. The molecule has 6 heteroatoms. The Balaban J connectivity index is 1.32. The molecule has 1 aromatic heterocycles. The Kier molecular flexibility index (Phi) is 6.64. The molecule has 1 amide bonds. The van der Waals surface area contributed by atoms with E-state index >= 15 is 0 Å². The number of amides is 1. The van der Waals surface area contributed by atoms with Gasteiger partial charge in [-0.3, -0.25) is 4.79 Å². The molecule has 0 fully saturated rings. The van der Waals surface area contributed by atoms with E-state index in [0.29, 0.717) is 5.75 Å². The van der Waals surface area contributed by atoms with Gasteiger partial charge < -0.3 is 9.30 Å². The van der Waals surface area contributed by atoms with Crippen molar-refractivity contribution in [2.45, 2.75) is 13.8 Å². The van der Waals surface area contributed by atoms with Crippen molar-refractivity contribution in [3.05, 3.63) is 108 Å². The molecule has 0 radical (unpaired) electrons. The van der Waals surface area contributed by atoms with Crippen LogP contribution in [0.25, 0.3) is 16.8 Å². The Bertz CT molecular complexity index is 1260. The van der Waals surface area contributed by atoms with Crippen molar-refractivity contribution in [1.29, 1.82) is 0 Å². The third-order valence-corrected chi connectivity index (χ3v) is 5.28. The summed E-state index contributed by atoms with van der Waals surface area (Å²) in [5, 5.41) is 4.05. The summed E-state index contributed by atoms with van der Waals surface area (Å²) in [5.41, 5.74) is 8.32. The molecule has 0 saturated carbocycles. The minimum absolute atomic E-state index is 0.142. The SMILES string of the molecule is Cc1cc(/C=N/NC(=O)COc2ccc(-c3ccccc3)cc2)c(C)n1-c1ccc(F)cc1. The lowest BCUT2D eigenvalue weighted by Crippen LogP contribution is -2.24. The van der Waals surface area contributed by atoms with E-state index in [4.69, 9.17) is 4.74 Å². The molecular formula is C27H24FN3O2. The van der Waals surface area contributed by atoms with E-state index < -0.39 is 0 Å². The van der Waals surface area contributed by atoms with E-state index in [2.05, 4.69) is 10.5 Å². The van der Waals surface area contributed by atoms with Crippen molar-refractivity contribution in [3.8, 4) is 22.6 Å². The van der Waals surface area contributed by atoms with Crippen LogP contribution in [0.3, 0.4) is 0 Å². The number of ether oxygens (including phenoxy) is 1. The lowest BCUT2D eigenvalue weighted by atomic mass is 10.1. The van der Waals surface area contributed by atoms with Gasteiger partial charge in [-0.2, -0.15) is 5.10 Å². The van der Waals surface area contributed by atoms with Gasteiger partial charge in [0.15, 0.2) is 6.61 Å². The highest BCUT2D eigenvalue weighted by Gasteiger charge is 2.10. The minimum atomic E-state index is -0.356. The second kappa shape index (κ2) is 9.96. The maximum absolute atomic E-state index is 13.2. The summed E-state index contributed by atoms with van der Waals surface area (Å²) >= 11 is 0. The third-order valence-electron chi connectivity index (χ3n) is 5.28. The predicted octanol–water partition coefficient (Wildman–Crippen LogP) is 5.43. The summed E-state index contributed by atoms with van der Waals surface area (Å²) in [6.07, 6.45) is 1.59. The van der Waals surface area contributed by atoms with Gasteiger partial charge in [-0.25, -0.2) is 9.82 Å². The van der Waals surface area contributed by atoms with E-state index in [1.807, 2.05) is 79.1 Å². The summed E-state index contributed by atoms with van der Waals surface area (Å²) < 4.78 is 20.8. The first-order valence-corrected chi connectivity index (χ1v) is 10.6. The molecule has 166 valence electrons. The van der Waals surface area contributed by atoms with Crippen LogP contribution in [0.2, 0.25) is 0 Å². The molecule has 4 rings (SSSR count). The van der Waals surface area contributed by atoms with Gasteiger partial charge >= 0.3 is 0 Å². The first kappa shape index (κ1) is 22.0. The van der Waals surface area contributed by atoms with Gasteiger partial charge in [0.05, 0.1) is 6.21 Å². The van der Waals surface area contributed by atoms with E-state index in [0.717, 1.165) is 33.8 Å². The molecule has 0 bridgehead atoms. The number of rotatable bonds is 7. The maximum Gasteiger partial charge on any atom is 0.277 e. The first-order chi connectivity index (χ1) is 16.0. The normalized spacial score (nSPS) is 11.0. The number of nitrogens with zero attached hydrogens (tertiary/aromatic N) is 2. The van der Waals surface area contributed by atoms with Gasteiger partial charge in [0.1, 0.15) is 11.6 Å². The minimum Gasteiger partial charge on any atom is -0.484 e. The highest BCUT2D eigenvalue weighted by Crippen LogP contribution is 2.22. The fraction of sp³-hybridized carbons (Fsp3) is 0.111. The number of hydrogen-bond donors (Lipinski definition) is 1. The molecule has 0 saturated heterocycles. The Hall–Kier alpha value is -4.19. The van der Waals surface area contributed by atoms with Gasteiger partial charge in [0, 0.05) is 22.6 Å². The molecule has 33 heavy (non-hydrogen) atoms. The van der Waals surface area contributed by atoms with Crippen LogP contribution in [0, 0.1) is 19.7 Å². The number of benzene rings is 3. The van der Waals surface area contributed by atoms with Crippen LogP contribution in [0.4, 0.5) is 4.39 Å². The van der Waals surface area contributed by atoms with Crippen LogP contribution >= 0.6 is 0 Å². The molecule has 0 unspecified atom stereocenters. The molecule has 4 aromatic rings. The second-order valence-electron chi connectivity index (χ2n) is 7.61. The van der Waals surface area contributed by atoms with Crippen molar-refractivity contribution >= 4 is 12.1 Å². The zero-order valence-corrected chi connectivity index (χ0v) is 18.5. The molecule has 0 spiro atoms. The highest BCUT2D eigenvalue weighted by atomic mass is 19.1. The van der Waals surface area contributed by atoms with Crippen LogP contribution < -0.4 is 10.2 Å². The van der Waals surface area contributed by atoms with Gasteiger partial charge in [0.25, 0.3) is 5.91 Å². The monoisotopic (exact) mass is 441 g/mol. The van der Waals surface area contributed by atoms with Crippen LogP contribution in [0.5, 0.6) is 5.75 Å². The number of carbonyl (C=O) groups is 1. The quantitative estimate of drug-likeness (QED) is 0.307. The molecule has 5 nitrogen and oxygen atoms in total. The Morgan fingerprint density at radius 2 is 1.64 bits per heavy atom. The molecule has 0 aliphatic heterocycles. The third kappa shape index (κ3) is 5.36. The van der Waals surface area contributed by atoms with Crippen LogP contribution in [0.15, 0.2) is 90.0 Å². The van der Waals surface area contributed by atoms with E-state index in [9.17, 15) is 9.18 Å². The number of hydrazone groups is 1. The summed E-state index contributed by atoms with van der Waals surface area (Å²) in [6.45, 7) is 3.77. The largest absolute Gasteiger partial charge is 0.484 e. The maximum atomic E-state index is 13.2. The van der Waals surface area contributed by atoms with Crippen LogP contribution in [-0.2, 0) is 4.79 Å². The molecule has 1 heterocycles. The fourth-order valence-corrected chi connectivity index (χ4v) is 3.63. The second-order valence-corrected chi connectivity index (χ2v) is 7.61. The molecule has 0 aliphatic rings. The van der Waals surface area contributed by atoms with Crippen molar-refractivity contribution in [2.24, 2.45) is 5.10 Å². The number of carbonyl (C=O) groups excluding carboxylic acids is 1. The number of hydrogen-bond acceptors (Lipinski definition) is 3. The summed E-state index contributed by atoms with van der Waals surface area (Å²) in [6, 6.07) is 25.9. The zero-order valence-electron chi connectivity index (χ0n) is 18.5. The first-order valence-electron chi connectivity index (χ1n) is 10.6. The molecular weight excluding hydrogens is 417 g/mol. The molecule has 0 aliphatic carbocycles. The van der Waals surface area contributed by atoms with Gasteiger partial charge in [-0.1, -0.05) is 42.5 Å². The molecule has 3 aromatic carbocycles. The summed E-state index contributed by atoms with van der Waals surface area (Å²) in [7, 11) is 0. The van der Waals surface area contributed by atoms with E-state index in [-0.39, 0.29) is 18.3 Å². The number of aromatic nitrogens is 1. The van der Waals surface area contributed by atoms with Crippen molar-refractivity contribution in [2.75, 3.05) is 6.61 Å². The lowest BCUT2D eigenvalue weighted by Gasteiger charge is -2.09. The zero-order chi connectivity index (χ0) is 23.2. The van der Waals surface area contributed by atoms with Crippen molar-refractivity contribution < 1.29 is 13.9 Å². The average Bonchev–Trinajstić information content (AvgIpc) is 3.12. The van der Waals surface area contributed by atoms with Gasteiger partial charge in [-0.15, -0.1) is 0 Å². The Morgan fingerprint density at radius 3 is 2.33 bits per heavy atom. The predicted molar refractivity (Wildman–Crippen MR) is 128 cm³/mol. The van der Waals surface area contributed by atoms with E-state index in [1.54, 1.807) is 18.3 Å². The highest BCUT2D eigenvalue weighted by molar-refractivity contribution is 5.84. The topological polar surface area (TPSA) is 55.6 Å². The number of nitrogens with one attached hydrogen (secondary N) is 1. The van der Waals surface area contributed by atoms with Crippen LogP contribution in [-0.4, -0.2) is 23.3 Å². The van der Waals surface area contributed by atoms with Gasteiger partial charge in [-0.05, 0) is 67.4 Å². The number of aryl methyl sites for hydroxylation is 1. The summed E-state index contributed by atoms with van der Waals surface area (Å²) in [5.74, 6) is -0.0255. The fourth-order valence-electron chi connectivity index (χ4n) is 3.63. The lowest BCUT2D eigenvalue weighted by molar-refractivity contribution is -0.123. The summed E-state index contributed by atoms with van der Waals surface area (Å²) in [4.78, 5) is 12.1. The van der Waals surface area contributed by atoms with Crippen molar-refractivity contribution in [1.82, 2.24) is 9.99 Å². The van der Waals surface area contributed by atoms with Crippen molar-refractivity contribution in [3.63, 3.8) is 0 Å². The van der Waals surface area contributed by atoms with Crippen LogP contribution in [0.1, 0.15) is 17.0 Å². The van der Waals surface area contributed by atoms with E-state index in [1.165, 1.54) is 12.1 Å². The number of halogens is 1. The Morgan fingerprint density at radius 1 is 0.970 bits per heavy atom. The Labute approximate surface area is 192 Å². The van der Waals surface area contributed by atoms with Gasteiger partial charge in [0.2, 0.25) is 0 Å². The smallest absolute Gasteiger partial charge is 0.277 e. The standard InChI is InChI=1S/C27H24FN3O2/c1-19-16-23(20(2)31(19)25-12-10-24(28)11-13-25)17-29-30-27(32)18-33-26-14-8-22(9-15-26)21-6-4-3-5-7-21/h3-17H,18H2,1-2H3,(H,30,32)/b29-17+. The average molecular weight is 442 g/mol.